The van der Waals surface area contributed by atoms with Crippen molar-refractivity contribution in [3.63, 3.8) is 0 Å². The summed E-state index contributed by atoms with van der Waals surface area (Å²) in [5.41, 5.74) is 8.51. The summed E-state index contributed by atoms with van der Waals surface area (Å²) < 4.78 is 17.4. The lowest BCUT2D eigenvalue weighted by Gasteiger charge is -2.17. The molecule has 1 amide bonds. The number of nitrogens with zero attached hydrogens (tertiary/aromatic N) is 4. The van der Waals surface area contributed by atoms with Gasteiger partial charge < -0.3 is 19.7 Å². The van der Waals surface area contributed by atoms with Gasteiger partial charge in [-0.3, -0.25) is 19.3 Å². The molecule has 2 saturated heterocycles. The number of carbonyl (C=O) groups is 1. The Labute approximate surface area is 309 Å². The second kappa shape index (κ2) is 13.0. The number of ether oxygens (including phenoxy) is 2. The van der Waals surface area contributed by atoms with Crippen molar-refractivity contribution in [1.29, 1.82) is 0 Å². The maximum Gasteiger partial charge on any atom is 0.439 e. The van der Waals surface area contributed by atoms with Crippen LogP contribution in [0.5, 0.6) is 5.75 Å². The molecule has 0 radical (unpaired) electrons. The highest BCUT2D eigenvalue weighted by atomic mass is 32.1. The molecule has 53 heavy (non-hydrogen) atoms. The lowest BCUT2D eigenvalue weighted by molar-refractivity contribution is 0.0776. The van der Waals surface area contributed by atoms with E-state index in [0.29, 0.717) is 30.0 Å². The molecule has 7 heterocycles. The highest BCUT2D eigenvalue weighted by molar-refractivity contribution is 7.23. The molecular formula is C41H38N6O5S. The quantitative estimate of drug-likeness (QED) is 0.156. The van der Waals surface area contributed by atoms with Crippen molar-refractivity contribution in [2.24, 2.45) is 0 Å². The first-order valence-corrected chi connectivity index (χ1v) is 19.3. The van der Waals surface area contributed by atoms with Crippen LogP contribution in [-0.2, 0) is 24.0 Å². The van der Waals surface area contributed by atoms with Crippen LogP contribution in [0.2, 0.25) is 0 Å². The molecule has 11 nitrogen and oxygen atoms in total. The number of pyridine rings is 2. The summed E-state index contributed by atoms with van der Waals surface area (Å²) >= 11 is 1.59. The highest BCUT2D eigenvalue weighted by Crippen LogP contribution is 2.50. The number of amides is 1. The predicted molar refractivity (Wildman–Crippen MR) is 202 cm³/mol. The van der Waals surface area contributed by atoms with Crippen molar-refractivity contribution in [2.45, 2.75) is 62.9 Å². The number of H-pyrrole nitrogens is 1. The van der Waals surface area contributed by atoms with Crippen LogP contribution in [0, 0.1) is 0 Å². The Morgan fingerprint density at radius 1 is 1.04 bits per heavy atom. The van der Waals surface area contributed by atoms with Gasteiger partial charge in [0.25, 0.3) is 5.91 Å². The molecule has 6 aromatic rings. The third-order valence-corrected chi connectivity index (χ3v) is 12.6. The van der Waals surface area contributed by atoms with Crippen LogP contribution in [0.15, 0.2) is 70.1 Å². The van der Waals surface area contributed by atoms with Crippen molar-refractivity contribution in [2.75, 3.05) is 32.2 Å². The van der Waals surface area contributed by atoms with Gasteiger partial charge in [0.05, 0.1) is 53.0 Å². The molecule has 10 rings (SSSR count). The molecule has 3 aliphatic heterocycles. The molecule has 12 heteroatoms. The highest BCUT2D eigenvalue weighted by Gasteiger charge is 2.44. The zero-order chi connectivity index (χ0) is 35.6. The topological polar surface area (TPSA) is 135 Å². The summed E-state index contributed by atoms with van der Waals surface area (Å²) in [4.78, 5) is 42.6. The lowest BCUT2D eigenvalue weighted by Crippen LogP contribution is -2.22. The molecule has 268 valence electrons. The fraction of sp³-hybridized carbons (Fsp3) is 0.341. The number of thiophene rings is 1. The lowest BCUT2D eigenvalue weighted by atomic mass is 9.91. The van der Waals surface area contributed by atoms with Gasteiger partial charge in [-0.15, -0.1) is 11.3 Å². The van der Waals surface area contributed by atoms with E-state index in [1.807, 2.05) is 29.3 Å². The number of aromatic amines is 1. The van der Waals surface area contributed by atoms with E-state index in [9.17, 15) is 9.59 Å². The fourth-order valence-corrected chi connectivity index (χ4v) is 10.1. The summed E-state index contributed by atoms with van der Waals surface area (Å²) in [6, 6.07) is 19.1. The predicted octanol–water partition coefficient (Wildman–Crippen LogP) is 7.39. The molecule has 4 aliphatic rings. The minimum atomic E-state index is -0.656. The van der Waals surface area contributed by atoms with Gasteiger partial charge in [0.2, 0.25) is 0 Å². The standard InChI is InChI=1S/C41H38N6O5S/c1-50-31-9-3-7-26-27(31)11-13-28(26)44-39-37-24(14-16-42-39)20-32(53-37)34-33(38-45-41(49)52-46-38)29(43-36-30-8-4-17-47(30)40(48)35(34)36)12-10-22-5-2-6-23(19-22)25-15-18-51-21-25/h2-3,5-7,9,14,16,19-20,25,28,30H,4,8,10-13,15,17-18,21H2,1H3,(H,42,44)(H,45,46,49)/t25-,28-,30+/m1/s1. The number of benzene rings is 2. The van der Waals surface area contributed by atoms with Crippen molar-refractivity contribution < 1.29 is 18.8 Å². The van der Waals surface area contributed by atoms with Crippen molar-refractivity contribution in [3.05, 3.63) is 111 Å². The van der Waals surface area contributed by atoms with Crippen molar-refractivity contribution >= 4 is 33.1 Å². The first kappa shape index (κ1) is 32.3. The van der Waals surface area contributed by atoms with Gasteiger partial charge in [-0.25, -0.2) is 9.78 Å². The van der Waals surface area contributed by atoms with E-state index in [1.165, 1.54) is 22.3 Å². The van der Waals surface area contributed by atoms with Gasteiger partial charge in [0, 0.05) is 35.7 Å². The number of aryl methyl sites for hydroxylation is 2. The number of rotatable bonds is 9. The fourth-order valence-electron chi connectivity index (χ4n) is 8.95. The average molecular weight is 727 g/mol. The Bertz CT molecular complexity index is 2460. The summed E-state index contributed by atoms with van der Waals surface area (Å²) in [6.45, 7) is 2.24. The maximum absolute atomic E-state index is 14.3. The molecule has 2 aromatic carbocycles. The second-order valence-corrected chi connectivity index (χ2v) is 15.5. The minimum Gasteiger partial charge on any atom is -0.496 e. The number of fused-ring (bicyclic) bond motifs is 5. The maximum atomic E-state index is 14.3. The molecule has 2 fully saturated rings. The average Bonchev–Trinajstić information content (AvgIpc) is 4.04. The monoisotopic (exact) mass is 726 g/mol. The zero-order valence-electron chi connectivity index (χ0n) is 29.3. The molecule has 0 bridgehead atoms. The number of hydrogen-bond acceptors (Lipinski definition) is 10. The Hall–Kier alpha value is -5.33. The second-order valence-electron chi connectivity index (χ2n) is 14.4. The van der Waals surface area contributed by atoms with E-state index in [0.717, 1.165) is 95.2 Å². The Balaban J connectivity index is 1.10. The summed E-state index contributed by atoms with van der Waals surface area (Å²) in [7, 11) is 1.72. The van der Waals surface area contributed by atoms with Crippen LogP contribution in [0.25, 0.3) is 31.9 Å². The molecule has 0 saturated carbocycles. The van der Waals surface area contributed by atoms with Crippen LogP contribution in [0.4, 0.5) is 5.82 Å². The van der Waals surface area contributed by atoms with Crippen LogP contribution in [-0.4, -0.2) is 57.8 Å². The molecular weight excluding hydrogens is 689 g/mol. The Morgan fingerprint density at radius 2 is 1.96 bits per heavy atom. The molecule has 4 aromatic heterocycles. The smallest absolute Gasteiger partial charge is 0.439 e. The molecule has 3 atom stereocenters. The Kier molecular flexibility index (Phi) is 7.90. The minimum absolute atomic E-state index is 0.0273. The summed E-state index contributed by atoms with van der Waals surface area (Å²) in [5.74, 6) is 1.71. The van der Waals surface area contributed by atoms with Crippen LogP contribution >= 0.6 is 11.3 Å². The number of anilines is 1. The number of hydrogen-bond donors (Lipinski definition) is 2. The van der Waals surface area contributed by atoms with Crippen LogP contribution in [0.3, 0.4) is 0 Å². The normalized spacial score (nSPS) is 20.3. The van der Waals surface area contributed by atoms with E-state index in [4.69, 9.17) is 24.0 Å². The van der Waals surface area contributed by atoms with Gasteiger partial charge in [0.15, 0.2) is 5.82 Å². The van der Waals surface area contributed by atoms with E-state index in [2.05, 4.69) is 51.9 Å². The SMILES string of the molecule is COc1cccc2c1CC[C@H]2Nc1nccc2cc(-c3c4c(nc(CCc5cccc([C@@H]6CCOC6)c5)c3-c3noc(=O)[nH]3)[C@@H]3CCCN3C4=O)sc12. The molecule has 2 N–H and O–H groups in total. The summed E-state index contributed by atoms with van der Waals surface area (Å²) in [6.07, 6.45) is 7.83. The van der Waals surface area contributed by atoms with Gasteiger partial charge in [-0.1, -0.05) is 41.6 Å². The molecule has 0 unspecified atom stereocenters. The Morgan fingerprint density at radius 3 is 2.81 bits per heavy atom. The number of nitrogens with one attached hydrogen (secondary N) is 2. The first-order chi connectivity index (χ1) is 26.0. The van der Waals surface area contributed by atoms with Gasteiger partial charge >= 0.3 is 5.76 Å². The number of methoxy groups -OCH3 is 1. The van der Waals surface area contributed by atoms with E-state index >= 15 is 0 Å². The van der Waals surface area contributed by atoms with E-state index in [-0.39, 0.29) is 23.8 Å². The third-order valence-electron chi connectivity index (χ3n) is 11.5. The zero-order valence-corrected chi connectivity index (χ0v) is 30.1. The van der Waals surface area contributed by atoms with Crippen LogP contribution in [0.1, 0.15) is 87.7 Å². The molecule has 0 spiro atoms. The van der Waals surface area contributed by atoms with Gasteiger partial charge in [0.1, 0.15) is 11.6 Å². The first-order valence-electron chi connectivity index (χ1n) is 18.5. The summed E-state index contributed by atoms with van der Waals surface area (Å²) in [5, 5.41) is 8.96. The van der Waals surface area contributed by atoms with E-state index in [1.54, 1.807) is 18.4 Å². The largest absolute Gasteiger partial charge is 0.496 e. The third kappa shape index (κ3) is 5.45. The van der Waals surface area contributed by atoms with Crippen molar-refractivity contribution in [1.82, 2.24) is 25.0 Å². The number of aromatic nitrogens is 4. The van der Waals surface area contributed by atoms with Crippen LogP contribution < -0.4 is 15.8 Å². The van der Waals surface area contributed by atoms with Crippen molar-refractivity contribution in [3.8, 4) is 27.6 Å². The van der Waals surface area contributed by atoms with Gasteiger partial charge in [-0.2, -0.15) is 0 Å². The number of carbonyl (C=O) groups excluding carboxylic acids is 1. The molecule has 1 aliphatic carbocycles. The van der Waals surface area contributed by atoms with Gasteiger partial charge in [-0.05, 0) is 90.8 Å². The van der Waals surface area contributed by atoms with E-state index < -0.39 is 5.76 Å².